The molecule has 2 atom stereocenters. The summed E-state index contributed by atoms with van der Waals surface area (Å²) < 4.78 is 5.82. The second kappa shape index (κ2) is 5.09. The van der Waals surface area contributed by atoms with Gasteiger partial charge in [0, 0.05) is 25.5 Å². The minimum Gasteiger partial charge on any atom is -0.490 e. The van der Waals surface area contributed by atoms with E-state index in [2.05, 4.69) is 19.1 Å². The molecule has 0 saturated carbocycles. The van der Waals surface area contributed by atoms with Gasteiger partial charge in [-0.15, -0.1) is 0 Å². The van der Waals surface area contributed by atoms with Gasteiger partial charge >= 0.3 is 0 Å². The summed E-state index contributed by atoms with van der Waals surface area (Å²) >= 11 is 0. The van der Waals surface area contributed by atoms with Gasteiger partial charge in [0.05, 0.1) is 5.69 Å². The molecular formula is C16H22N2O2. The van der Waals surface area contributed by atoms with Gasteiger partial charge in [0.2, 0.25) is 5.91 Å². The molecule has 108 valence electrons. The van der Waals surface area contributed by atoms with E-state index in [0.717, 1.165) is 37.2 Å². The molecule has 2 N–H and O–H groups in total. The molecule has 0 aliphatic carbocycles. The van der Waals surface area contributed by atoms with Crippen molar-refractivity contribution in [2.45, 2.75) is 39.2 Å². The Kier molecular flexibility index (Phi) is 3.42. The normalized spacial score (nSPS) is 24.1. The lowest BCUT2D eigenvalue weighted by atomic mass is 9.87. The van der Waals surface area contributed by atoms with Crippen LogP contribution in [-0.2, 0) is 17.6 Å². The molecule has 0 spiro atoms. The van der Waals surface area contributed by atoms with Crippen LogP contribution in [0.3, 0.4) is 0 Å². The zero-order chi connectivity index (χ0) is 14.3. The minimum absolute atomic E-state index is 0.112. The highest BCUT2D eigenvalue weighted by molar-refractivity contribution is 5.94. The Labute approximate surface area is 119 Å². The van der Waals surface area contributed by atoms with Gasteiger partial charge in [-0.3, -0.25) is 4.79 Å². The summed E-state index contributed by atoms with van der Waals surface area (Å²) in [7, 11) is 0. The number of hydrogen-bond acceptors (Lipinski definition) is 3. The van der Waals surface area contributed by atoms with Crippen LogP contribution in [0.15, 0.2) is 12.1 Å². The molecule has 0 aromatic heterocycles. The van der Waals surface area contributed by atoms with E-state index in [0.29, 0.717) is 12.5 Å². The van der Waals surface area contributed by atoms with Crippen LogP contribution in [0.1, 0.15) is 31.4 Å². The van der Waals surface area contributed by atoms with Crippen LogP contribution in [0.4, 0.5) is 5.69 Å². The summed E-state index contributed by atoms with van der Waals surface area (Å²) in [5, 5.41) is 0. The lowest BCUT2D eigenvalue weighted by Gasteiger charge is -2.35. The Bertz CT molecular complexity index is 542. The zero-order valence-electron chi connectivity index (χ0n) is 12.2. The van der Waals surface area contributed by atoms with E-state index in [1.54, 1.807) is 6.92 Å². The maximum absolute atomic E-state index is 12.0. The zero-order valence-corrected chi connectivity index (χ0v) is 12.2. The number of nitrogens with two attached hydrogens (primary N) is 1. The van der Waals surface area contributed by atoms with Crippen LogP contribution in [0.5, 0.6) is 5.75 Å². The number of nitrogens with zero attached hydrogens (tertiary/aromatic N) is 1. The lowest BCUT2D eigenvalue weighted by molar-refractivity contribution is -0.116. The van der Waals surface area contributed by atoms with Gasteiger partial charge in [0.25, 0.3) is 0 Å². The molecule has 2 heterocycles. The van der Waals surface area contributed by atoms with Crippen LogP contribution in [0, 0.1) is 5.92 Å². The molecule has 2 aliphatic rings. The van der Waals surface area contributed by atoms with Crippen molar-refractivity contribution in [1.29, 1.82) is 0 Å². The topological polar surface area (TPSA) is 55.6 Å². The summed E-state index contributed by atoms with van der Waals surface area (Å²) in [4.78, 5) is 14.0. The summed E-state index contributed by atoms with van der Waals surface area (Å²) in [5.41, 5.74) is 9.26. The average Bonchev–Trinajstić information content (AvgIpc) is 2.78. The minimum atomic E-state index is 0.112. The van der Waals surface area contributed by atoms with Gasteiger partial charge in [-0.1, -0.05) is 6.07 Å². The second-order valence-electron chi connectivity index (χ2n) is 5.96. The first-order chi connectivity index (χ1) is 9.60. The van der Waals surface area contributed by atoms with E-state index < -0.39 is 0 Å². The van der Waals surface area contributed by atoms with Crippen molar-refractivity contribution in [2.24, 2.45) is 11.7 Å². The molecule has 3 rings (SSSR count). The van der Waals surface area contributed by atoms with Crippen molar-refractivity contribution in [3.8, 4) is 5.75 Å². The second-order valence-corrected chi connectivity index (χ2v) is 5.96. The van der Waals surface area contributed by atoms with E-state index in [1.165, 1.54) is 11.1 Å². The Morgan fingerprint density at radius 2 is 2.25 bits per heavy atom. The first-order valence-electron chi connectivity index (χ1n) is 7.39. The van der Waals surface area contributed by atoms with Gasteiger partial charge in [0.15, 0.2) is 0 Å². The molecule has 4 heteroatoms. The van der Waals surface area contributed by atoms with Crippen molar-refractivity contribution in [3.63, 3.8) is 0 Å². The van der Waals surface area contributed by atoms with Crippen LogP contribution in [0.2, 0.25) is 0 Å². The molecule has 0 radical (unpaired) electrons. The Morgan fingerprint density at radius 1 is 1.45 bits per heavy atom. The number of hydrogen-bond donors (Lipinski definition) is 1. The smallest absolute Gasteiger partial charge is 0.223 e. The number of benzene rings is 1. The maximum atomic E-state index is 12.0. The first kappa shape index (κ1) is 13.4. The predicted octanol–water partition coefficient (Wildman–Crippen LogP) is 1.88. The molecule has 1 aromatic carbocycles. The molecule has 2 unspecified atom stereocenters. The molecule has 1 aromatic rings. The van der Waals surface area contributed by atoms with Gasteiger partial charge in [0.1, 0.15) is 11.9 Å². The highest BCUT2D eigenvalue weighted by Gasteiger charge is 2.33. The lowest BCUT2D eigenvalue weighted by Crippen LogP contribution is -2.40. The average molecular weight is 274 g/mol. The van der Waals surface area contributed by atoms with Crippen LogP contribution in [-0.4, -0.2) is 25.1 Å². The quantitative estimate of drug-likeness (QED) is 0.896. The van der Waals surface area contributed by atoms with E-state index in [-0.39, 0.29) is 12.0 Å². The van der Waals surface area contributed by atoms with E-state index >= 15 is 0 Å². The van der Waals surface area contributed by atoms with Gasteiger partial charge < -0.3 is 15.4 Å². The van der Waals surface area contributed by atoms with Crippen molar-refractivity contribution < 1.29 is 9.53 Å². The van der Waals surface area contributed by atoms with E-state index in [1.807, 2.05) is 4.90 Å². The maximum Gasteiger partial charge on any atom is 0.223 e. The number of amides is 1. The first-order valence-corrected chi connectivity index (χ1v) is 7.39. The Hall–Kier alpha value is -1.55. The summed E-state index contributed by atoms with van der Waals surface area (Å²) in [6.45, 7) is 5.18. The number of fused-ring (bicyclic) bond motifs is 3. The highest BCUT2D eigenvalue weighted by Crippen LogP contribution is 2.42. The molecule has 0 fully saturated rings. The van der Waals surface area contributed by atoms with Crippen LogP contribution < -0.4 is 15.4 Å². The molecule has 4 nitrogen and oxygen atoms in total. The molecule has 1 amide bonds. The summed E-state index contributed by atoms with van der Waals surface area (Å²) in [6.07, 6.45) is 3.07. The number of carbonyl (C=O) groups is 1. The fourth-order valence-electron chi connectivity index (χ4n) is 3.46. The molecule has 0 bridgehead atoms. The summed E-state index contributed by atoms with van der Waals surface area (Å²) in [5.74, 6) is 1.52. The third kappa shape index (κ3) is 2.18. The largest absolute Gasteiger partial charge is 0.490 e. The predicted molar refractivity (Wildman–Crippen MR) is 79.1 cm³/mol. The summed E-state index contributed by atoms with van der Waals surface area (Å²) in [6, 6.07) is 4.17. The Balaban J connectivity index is 2.04. The molecule has 0 saturated heterocycles. The van der Waals surface area contributed by atoms with Crippen LogP contribution >= 0.6 is 0 Å². The number of ether oxygens (including phenoxy) is 1. The monoisotopic (exact) mass is 274 g/mol. The van der Waals surface area contributed by atoms with Crippen molar-refractivity contribution in [1.82, 2.24) is 0 Å². The van der Waals surface area contributed by atoms with Crippen molar-refractivity contribution in [2.75, 3.05) is 18.0 Å². The molecular weight excluding hydrogens is 252 g/mol. The van der Waals surface area contributed by atoms with Crippen molar-refractivity contribution >= 4 is 11.6 Å². The Morgan fingerprint density at radius 3 is 2.95 bits per heavy atom. The molecule has 2 aliphatic heterocycles. The van der Waals surface area contributed by atoms with Gasteiger partial charge in [-0.25, -0.2) is 0 Å². The highest BCUT2D eigenvalue weighted by atomic mass is 16.5. The van der Waals surface area contributed by atoms with Gasteiger partial charge in [-0.2, -0.15) is 0 Å². The van der Waals surface area contributed by atoms with Crippen LogP contribution in [0.25, 0.3) is 0 Å². The SMILES string of the molecule is CC(=O)N1CC(CCN)Cc2ccc3c(c21)CC(C)O3. The van der Waals surface area contributed by atoms with E-state index in [4.69, 9.17) is 10.5 Å². The number of anilines is 1. The van der Waals surface area contributed by atoms with E-state index in [9.17, 15) is 4.79 Å². The van der Waals surface area contributed by atoms with Crippen molar-refractivity contribution in [3.05, 3.63) is 23.3 Å². The number of rotatable bonds is 2. The standard InChI is InChI=1S/C16H22N2O2/c1-10-7-14-15(20-10)4-3-13-8-12(5-6-17)9-18(11(2)19)16(13)14/h3-4,10,12H,5-9,17H2,1-2H3. The fraction of sp³-hybridized carbons (Fsp3) is 0.562. The number of carbonyl (C=O) groups excluding carboxylic acids is 1. The van der Waals surface area contributed by atoms with Gasteiger partial charge in [-0.05, 0) is 43.9 Å². The fourth-order valence-corrected chi connectivity index (χ4v) is 3.46. The third-order valence-corrected chi connectivity index (χ3v) is 4.32. The third-order valence-electron chi connectivity index (χ3n) is 4.32. The molecule has 20 heavy (non-hydrogen) atoms.